The first-order valence-electron chi connectivity index (χ1n) is 10.0. The Balaban J connectivity index is 1.97. The van der Waals surface area contributed by atoms with E-state index in [1.54, 1.807) is 30.5 Å². The second-order valence-corrected chi connectivity index (χ2v) is 9.35. The van der Waals surface area contributed by atoms with Gasteiger partial charge >= 0.3 is 5.97 Å². The molecule has 0 aliphatic heterocycles. The zero-order valence-electron chi connectivity index (χ0n) is 18.1. The molecule has 3 heterocycles. The van der Waals surface area contributed by atoms with E-state index in [9.17, 15) is 20.4 Å². The van der Waals surface area contributed by atoms with Crippen molar-refractivity contribution >= 4 is 41.3 Å². The Bertz CT molecular complexity index is 1570. The maximum Gasteiger partial charge on any atom is 0.335 e. The number of carbonyl (C=O) groups is 1. The summed E-state index contributed by atoms with van der Waals surface area (Å²) in [6.45, 7) is 0. The van der Waals surface area contributed by atoms with Crippen LogP contribution in [0.25, 0.3) is 33.9 Å². The van der Waals surface area contributed by atoms with E-state index < -0.39 is 5.97 Å². The number of rotatable bonds is 7. The van der Waals surface area contributed by atoms with Crippen molar-refractivity contribution in [3.8, 4) is 50.1 Å². The molecule has 0 saturated carbocycles. The van der Waals surface area contributed by atoms with Gasteiger partial charge in [0.05, 0.1) is 37.3 Å². The van der Waals surface area contributed by atoms with Crippen LogP contribution in [0.2, 0.25) is 0 Å². The van der Waals surface area contributed by atoms with Gasteiger partial charge in [0.25, 0.3) is 0 Å². The maximum atomic E-state index is 11.3. The van der Waals surface area contributed by atoms with E-state index >= 15 is 0 Å². The fraction of sp³-hybridized carbons (Fsp3) is 0. The van der Waals surface area contributed by atoms with Gasteiger partial charge in [-0.1, -0.05) is 18.2 Å². The summed E-state index contributed by atoms with van der Waals surface area (Å²) in [5.41, 5.74) is 3.61. The van der Waals surface area contributed by atoms with Gasteiger partial charge in [0.2, 0.25) is 0 Å². The van der Waals surface area contributed by atoms with E-state index in [4.69, 9.17) is 10.2 Å². The normalized spacial score (nSPS) is 10.1. The molecule has 1 N–H and O–H groups in total. The Hall–Kier alpha value is -4.34. The quantitative estimate of drug-likeness (QED) is 0.215. The third kappa shape index (κ3) is 5.32. The fourth-order valence-corrected chi connectivity index (χ4v) is 5.26. The molecule has 0 unspecified atom stereocenters. The summed E-state index contributed by atoms with van der Waals surface area (Å²) in [5.74, 6) is -1.02. The SMILES string of the molecule is N#CSc1cnc(-c2cc(-c3ccc(C(=O)O)cc3)cc(-c3ccccn3)n2)c(SC#N)c1SC#N. The largest absolute Gasteiger partial charge is 0.478 e. The summed E-state index contributed by atoms with van der Waals surface area (Å²) in [7, 11) is 0. The van der Waals surface area contributed by atoms with Gasteiger partial charge in [-0.05, 0) is 82.8 Å². The molecule has 3 aromatic heterocycles. The van der Waals surface area contributed by atoms with E-state index in [-0.39, 0.29) is 5.56 Å². The molecule has 1 aromatic carbocycles. The van der Waals surface area contributed by atoms with Crippen LogP contribution in [0.1, 0.15) is 10.4 Å². The zero-order chi connectivity index (χ0) is 25.5. The number of hydrogen-bond donors (Lipinski definition) is 1. The minimum Gasteiger partial charge on any atom is -0.478 e. The number of carboxylic acid groups (broad SMARTS) is 1. The van der Waals surface area contributed by atoms with Gasteiger partial charge in [0.1, 0.15) is 21.9 Å². The Labute approximate surface area is 218 Å². The monoisotopic (exact) mass is 524 g/mol. The van der Waals surface area contributed by atoms with Gasteiger partial charge in [-0.25, -0.2) is 9.78 Å². The van der Waals surface area contributed by atoms with Gasteiger partial charge in [0.15, 0.2) is 0 Å². The summed E-state index contributed by atoms with van der Waals surface area (Å²) in [5, 5.41) is 43.3. The lowest BCUT2D eigenvalue weighted by Crippen LogP contribution is -1.98. The van der Waals surface area contributed by atoms with Crippen LogP contribution in [0.4, 0.5) is 0 Å². The van der Waals surface area contributed by atoms with Crippen molar-refractivity contribution in [1.82, 2.24) is 15.0 Å². The molecule has 0 amide bonds. The van der Waals surface area contributed by atoms with E-state index in [1.165, 1.54) is 18.3 Å². The first-order chi connectivity index (χ1) is 17.5. The smallest absolute Gasteiger partial charge is 0.335 e. The number of thiocyanates is 3. The molecule has 0 aliphatic rings. The van der Waals surface area contributed by atoms with Crippen LogP contribution in [-0.4, -0.2) is 26.0 Å². The van der Waals surface area contributed by atoms with Crippen LogP contribution < -0.4 is 0 Å². The highest BCUT2D eigenvalue weighted by Gasteiger charge is 2.21. The number of pyridine rings is 3. The molecule has 0 bridgehead atoms. The Morgan fingerprint density at radius 2 is 1.47 bits per heavy atom. The molecule has 4 rings (SSSR count). The minimum absolute atomic E-state index is 0.163. The van der Waals surface area contributed by atoms with Crippen LogP contribution in [0.3, 0.4) is 0 Å². The Kier molecular flexibility index (Phi) is 7.84. The highest BCUT2D eigenvalue weighted by atomic mass is 32.2. The fourth-order valence-electron chi connectivity index (χ4n) is 3.32. The van der Waals surface area contributed by atoms with Crippen molar-refractivity contribution in [3.05, 3.63) is 72.6 Å². The topological polar surface area (TPSA) is 147 Å². The molecular weight excluding hydrogens is 513 g/mol. The van der Waals surface area contributed by atoms with Crippen molar-refractivity contribution in [3.63, 3.8) is 0 Å². The Morgan fingerprint density at radius 3 is 2.11 bits per heavy atom. The summed E-state index contributed by atoms with van der Waals surface area (Å²) >= 11 is 2.55. The number of aromatic nitrogens is 3. The van der Waals surface area contributed by atoms with Crippen molar-refractivity contribution in [2.24, 2.45) is 0 Å². The van der Waals surface area contributed by atoms with Crippen LogP contribution in [-0.2, 0) is 0 Å². The molecule has 0 radical (unpaired) electrons. The molecular formula is C25H12N6O2S3. The van der Waals surface area contributed by atoms with E-state index in [2.05, 4.69) is 9.97 Å². The van der Waals surface area contributed by atoms with E-state index in [0.29, 0.717) is 37.5 Å². The molecule has 8 nitrogen and oxygen atoms in total. The lowest BCUT2D eigenvalue weighted by molar-refractivity contribution is 0.0697. The number of hydrogen-bond acceptors (Lipinski definition) is 10. The third-order valence-corrected chi connectivity index (χ3v) is 7.16. The lowest BCUT2D eigenvalue weighted by Gasteiger charge is -2.14. The molecule has 0 spiro atoms. The highest BCUT2D eigenvalue weighted by molar-refractivity contribution is 8.08. The number of aromatic carboxylic acids is 1. The summed E-state index contributed by atoms with van der Waals surface area (Å²) < 4.78 is 0. The second-order valence-electron chi connectivity index (χ2n) is 6.93. The van der Waals surface area contributed by atoms with Crippen LogP contribution in [0.5, 0.6) is 0 Å². The average Bonchev–Trinajstić information content (AvgIpc) is 2.91. The first-order valence-corrected chi connectivity index (χ1v) is 12.5. The van der Waals surface area contributed by atoms with Crippen molar-refractivity contribution in [2.75, 3.05) is 0 Å². The minimum atomic E-state index is -1.02. The predicted molar refractivity (Wildman–Crippen MR) is 138 cm³/mol. The zero-order valence-corrected chi connectivity index (χ0v) is 20.6. The maximum absolute atomic E-state index is 11.3. The summed E-state index contributed by atoms with van der Waals surface area (Å²) in [6, 6.07) is 15.5. The molecule has 0 atom stereocenters. The standard InChI is InChI=1S/C25H12N6O2S3/c26-12-34-21-11-30-22(24(36-14-28)23(21)35-13-27)20-10-17(15-4-6-16(7-5-15)25(32)33)9-19(31-20)18-3-1-2-8-29-18/h1-11H,(H,32,33). The number of nitriles is 3. The molecule has 0 saturated heterocycles. The molecule has 0 aliphatic carbocycles. The number of benzene rings is 1. The van der Waals surface area contributed by atoms with Crippen molar-refractivity contribution in [2.45, 2.75) is 14.7 Å². The van der Waals surface area contributed by atoms with Crippen LogP contribution in [0.15, 0.2) is 81.7 Å². The Morgan fingerprint density at radius 1 is 0.778 bits per heavy atom. The van der Waals surface area contributed by atoms with Crippen LogP contribution >= 0.6 is 35.3 Å². The predicted octanol–water partition coefficient (Wildman–Crippen LogP) is 6.29. The van der Waals surface area contributed by atoms with Crippen molar-refractivity contribution in [1.29, 1.82) is 15.8 Å². The first kappa shape index (κ1) is 24.8. The molecule has 0 fully saturated rings. The van der Waals surface area contributed by atoms with Crippen LogP contribution in [0, 0.1) is 32.0 Å². The highest BCUT2D eigenvalue weighted by Crippen LogP contribution is 2.43. The summed E-state index contributed by atoms with van der Waals surface area (Å²) in [6.07, 6.45) is 3.14. The number of thioether (sulfide) groups is 3. The molecule has 172 valence electrons. The average molecular weight is 525 g/mol. The van der Waals surface area contributed by atoms with E-state index in [0.717, 1.165) is 46.4 Å². The van der Waals surface area contributed by atoms with Gasteiger partial charge in [-0.3, -0.25) is 9.97 Å². The lowest BCUT2D eigenvalue weighted by atomic mass is 10.0. The van der Waals surface area contributed by atoms with E-state index in [1.807, 2.05) is 34.4 Å². The summed E-state index contributed by atoms with van der Waals surface area (Å²) in [4.78, 5) is 26.3. The molecule has 11 heteroatoms. The number of carboxylic acids is 1. The third-order valence-electron chi connectivity index (χ3n) is 4.87. The van der Waals surface area contributed by atoms with Gasteiger partial charge in [-0.15, -0.1) is 0 Å². The van der Waals surface area contributed by atoms with Gasteiger partial charge in [0, 0.05) is 12.4 Å². The second kappa shape index (κ2) is 11.4. The van der Waals surface area contributed by atoms with Crippen molar-refractivity contribution < 1.29 is 9.90 Å². The number of nitrogens with zero attached hydrogens (tertiary/aromatic N) is 6. The molecule has 36 heavy (non-hydrogen) atoms. The van der Waals surface area contributed by atoms with Gasteiger partial charge in [-0.2, -0.15) is 15.8 Å². The van der Waals surface area contributed by atoms with Gasteiger partial charge < -0.3 is 5.11 Å². The molecule has 4 aromatic rings.